The van der Waals surface area contributed by atoms with E-state index < -0.39 is 0 Å². The molecule has 15 heavy (non-hydrogen) atoms. The summed E-state index contributed by atoms with van der Waals surface area (Å²) in [6.45, 7) is 0.141. The summed E-state index contributed by atoms with van der Waals surface area (Å²) < 4.78 is 11.1. The number of hydrogen-bond donors (Lipinski definition) is 1. The summed E-state index contributed by atoms with van der Waals surface area (Å²) in [5.41, 5.74) is 0.559. The molecule has 0 aliphatic heterocycles. The van der Waals surface area contributed by atoms with E-state index in [1.165, 1.54) is 7.11 Å². The van der Waals surface area contributed by atoms with Gasteiger partial charge in [-0.1, -0.05) is 0 Å². The van der Waals surface area contributed by atoms with E-state index in [-0.39, 0.29) is 13.2 Å². The van der Waals surface area contributed by atoms with Crippen LogP contribution >= 0.6 is 22.6 Å². The van der Waals surface area contributed by atoms with Crippen LogP contribution < -0.4 is 9.47 Å². The molecule has 0 unspecified atom stereocenters. The van der Waals surface area contributed by atoms with Crippen LogP contribution in [0, 0.1) is 3.57 Å². The van der Waals surface area contributed by atoms with Gasteiger partial charge in [-0.2, -0.15) is 0 Å². The van der Waals surface area contributed by atoms with Gasteiger partial charge in [0.2, 0.25) is 0 Å². The van der Waals surface area contributed by atoms with Gasteiger partial charge in [0.15, 0.2) is 17.8 Å². The first-order valence-electron chi connectivity index (χ1n) is 4.30. The maximum atomic E-state index is 10.7. The number of ether oxygens (including phenoxy) is 2. The van der Waals surface area contributed by atoms with Crippen LogP contribution in [0.1, 0.15) is 10.4 Å². The van der Waals surface area contributed by atoms with Crippen molar-refractivity contribution in [1.82, 2.24) is 0 Å². The summed E-state index contributed by atoms with van der Waals surface area (Å²) in [4.78, 5) is 10.7. The quantitative estimate of drug-likeness (QED) is 0.659. The summed E-state index contributed by atoms with van der Waals surface area (Å²) in [5.74, 6) is 1.05. The lowest BCUT2D eigenvalue weighted by Crippen LogP contribution is -2.04. The Morgan fingerprint density at radius 3 is 2.80 bits per heavy atom. The third-order valence-electron chi connectivity index (χ3n) is 1.77. The van der Waals surface area contributed by atoms with Gasteiger partial charge in [-0.15, -0.1) is 0 Å². The van der Waals surface area contributed by atoms with Gasteiger partial charge in [0.05, 0.1) is 17.3 Å². The van der Waals surface area contributed by atoms with Crippen molar-refractivity contribution in [2.45, 2.75) is 0 Å². The molecule has 0 saturated carbocycles. The molecule has 0 fully saturated rings. The van der Waals surface area contributed by atoms with Crippen molar-refractivity contribution in [2.75, 3.05) is 20.3 Å². The minimum absolute atomic E-state index is 0.0604. The number of aliphatic hydroxyl groups is 1. The Morgan fingerprint density at radius 1 is 1.53 bits per heavy atom. The zero-order valence-electron chi connectivity index (χ0n) is 8.20. The highest BCUT2D eigenvalue weighted by Gasteiger charge is 2.12. The van der Waals surface area contributed by atoms with Gasteiger partial charge in [-0.05, 0) is 34.7 Å². The Bertz CT molecular complexity index is 352. The number of carbonyl (C=O) groups is 1. The molecule has 0 aromatic heterocycles. The molecule has 1 aromatic carbocycles. The van der Waals surface area contributed by atoms with E-state index in [9.17, 15) is 4.79 Å². The monoisotopic (exact) mass is 322 g/mol. The zero-order valence-corrected chi connectivity index (χ0v) is 10.4. The Balaban J connectivity index is 3.06. The summed E-state index contributed by atoms with van der Waals surface area (Å²) in [6.07, 6.45) is 0.764. The normalized spacial score (nSPS) is 9.80. The van der Waals surface area contributed by atoms with Crippen molar-refractivity contribution in [3.8, 4) is 11.5 Å². The average Bonchev–Trinajstić information content (AvgIpc) is 2.26. The number of benzene rings is 1. The summed E-state index contributed by atoms with van der Waals surface area (Å²) in [5, 5.41) is 8.64. The van der Waals surface area contributed by atoms with E-state index >= 15 is 0 Å². The second kappa shape index (κ2) is 5.92. The first-order chi connectivity index (χ1) is 7.24. The van der Waals surface area contributed by atoms with Gasteiger partial charge in [0, 0.05) is 5.56 Å². The van der Waals surface area contributed by atoms with Crippen molar-refractivity contribution in [2.24, 2.45) is 0 Å². The molecule has 0 saturated heterocycles. The molecule has 0 radical (unpaired) electrons. The topological polar surface area (TPSA) is 55.8 Å². The van der Waals surface area contributed by atoms with E-state index in [2.05, 4.69) is 0 Å². The third kappa shape index (κ3) is 2.82. The fourth-order valence-corrected chi connectivity index (χ4v) is 1.90. The van der Waals surface area contributed by atoms with Gasteiger partial charge < -0.3 is 14.6 Å². The van der Waals surface area contributed by atoms with Crippen LogP contribution in [-0.2, 0) is 0 Å². The number of methoxy groups -OCH3 is 1. The Morgan fingerprint density at radius 2 is 2.27 bits per heavy atom. The lowest BCUT2D eigenvalue weighted by atomic mass is 10.2. The molecule has 82 valence electrons. The Kier molecular flexibility index (Phi) is 4.83. The van der Waals surface area contributed by atoms with Gasteiger partial charge in [0.25, 0.3) is 0 Å². The number of rotatable bonds is 5. The fraction of sp³-hybridized carbons (Fsp3) is 0.300. The Labute approximate surface area is 101 Å². The second-order valence-electron chi connectivity index (χ2n) is 2.69. The van der Waals surface area contributed by atoms with E-state index in [0.29, 0.717) is 20.6 Å². The molecule has 4 nitrogen and oxygen atoms in total. The highest BCUT2D eigenvalue weighted by atomic mass is 127. The van der Waals surface area contributed by atoms with Crippen molar-refractivity contribution in [3.05, 3.63) is 21.3 Å². The largest absolute Gasteiger partial charge is 0.492 e. The van der Waals surface area contributed by atoms with Crippen LogP contribution in [0.25, 0.3) is 0 Å². The number of halogens is 1. The zero-order chi connectivity index (χ0) is 11.3. The molecule has 1 N–H and O–H groups in total. The van der Waals surface area contributed by atoms with E-state index in [1.807, 2.05) is 22.6 Å². The smallest absolute Gasteiger partial charge is 0.174 e. The van der Waals surface area contributed by atoms with Gasteiger partial charge in [0.1, 0.15) is 6.61 Å². The third-order valence-corrected chi connectivity index (χ3v) is 2.88. The molecule has 5 heteroatoms. The van der Waals surface area contributed by atoms with E-state index in [1.54, 1.807) is 12.1 Å². The van der Waals surface area contributed by atoms with Crippen LogP contribution in [0.3, 0.4) is 0 Å². The van der Waals surface area contributed by atoms with Crippen molar-refractivity contribution in [3.63, 3.8) is 0 Å². The summed E-state index contributed by atoms with van der Waals surface area (Å²) >= 11 is 2.02. The van der Waals surface area contributed by atoms with Gasteiger partial charge >= 0.3 is 0 Å². The molecule has 0 heterocycles. The SMILES string of the molecule is COc1c(OCCO)ccc(C=O)c1I. The minimum atomic E-state index is -0.0604. The van der Waals surface area contributed by atoms with Crippen LogP contribution in [0.2, 0.25) is 0 Å². The summed E-state index contributed by atoms with van der Waals surface area (Å²) in [7, 11) is 1.51. The highest BCUT2D eigenvalue weighted by Crippen LogP contribution is 2.33. The van der Waals surface area contributed by atoms with Crippen molar-refractivity contribution >= 4 is 28.9 Å². The van der Waals surface area contributed by atoms with E-state index in [0.717, 1.165) is 6.29 Å². The lowest BCUT2D eigenvalue weighted by molar-refractivity contribution is 0.112. The first kappa shape index (κ1) is 12.3. The molecular weight excluding hydrogens is 311 g/mol. The highest BCUT2D eigenvalue weighted by molar-refractivity contribution is 14.1. The maximum absolute atomic E-state index is 10.7. The molecule has 0 aliphatic rings. The first-order valence-corrected chi connectivity index (χ1v) is 5.37. The molecule has 0 atom stereocenters. The predicted molar refractivity (Wildman–Crippen MR) is 63.7 cm³/mol. The molecule has 0 aliphatic carbocycles. The minimum Gasteiger partial charge on any atom is -0.492 e. The number of aliphatic hydroxyl groups excluding tert-OH is 1. The van der Waals surface area contributed by atoms with Crippen molar-refractivity contribution in [1.29, 1.82) is 0 Å². The number of carbonyl (C=O) groups excluding carboxylic acids is 1. The number of hydrogen-bond acceptors (Lipinski definition) is 4. The van der Waals surface area contributed by atoms with Crippen LogP contribution in [-0.4, -0.2) is 31.7 Å². The maximum Gasteiger partial charge on any atom is 0.174 e. The van der Waals surface area contributed by atoms with Gasteiger partial charge in [-0.25, -0.2) is 0 Å². The molecule has 0 spiro atoms. The molecule has 1 aromatic rings. The number of aldehydes is 1. The predicted octanol–water partition coefficient (Wildman–Crippen LogP) is 1.48. The Hall–Kier alpha value is -0.820. The summed E-state index contributed by atoms with van der Waals surface area (Å²) in [6, 6.07) is 3.31. The van der Waals surface area contributed by atoms with Crippen LogP contribution in [0.15, 0.2) is 12.1 Å². The lowest BCUT2D eigenvalue weighted by Gasteiger charge is -2.12. The molecule has 1 rings (SSSR count). The second-order valence-corrected chi connectivity index (χ2v) is 3.77. The standard InChI is InChI=1S/C10H11IO4/c1-14-10-8(15-5-4-12)3-2-7(6-13)9(10)11/h2-3,6,12H,4-5H2,1H3. The van der Waals surface area contributed by atoms with Crippen LogP contribution in [0.4, 0.5) is 0 Å². The van der Waals surface area contributed by atoms with Crippen molar-refractivity contribution < 1.29 is 19.4 Å². The fourth-order valence-electron chi connectivity index (χ4n) is 1.10. The average molecular weight is 322 g/mol. The van der Waals surface area contributed by atoms with E-state index in [4.69, 9.17) is 14.6 Å². The van der Waals surface area contributed by atoms with Crippen LogP contribution in [0.5, 0.6) is 11.5 Å². The molecule has 0 amide bonds. The molecular formula is C10H11IO4. The molecule has 0 bridgehead atoms. The van der Waals surface area contributed by atoms with Gasteiger partial charge in [-0.3, -0.25) is 4.79 Å².